The summed E-state index contributed by atoms with van der Waals surface area (Å²) in [6, 6.07) is 14.0. The summed E-state index contributed by atoms with van der Waals surface area (Å²) in [6.45, 7) is 11.0. The second-order valence-corrected chi connectivity index (χ2v) is 9.00. The summed E-state index contributed by atoms with van der Waals surface area (Å²) >= 11 is 5.96. The molecule has 0 N–H and O–H groups in total. The number of rotatable bonds is 9. The van der Waals surface area contributed by atoms with Gasteiger partial charge in [-0.2, -0.15) is 0 Å². The lowest BCUT2D eigenvalue weighted by Crippen LogP contribution is -2.47. The van der Waals surface area contributed by atoms with E-state index in [2.05, 4.69) is 26.8 Å². The predicted octanol–water partition coefficient (Wildman–Crippen LogP) is 4.14. The highest BCUT2D eigenvalue weighted by Crippen LogP contribution is 2.29. The fraction of sp³-hybridized carbons (Fsp3) is 0.520. The number of hydrogen-bond acceptors (Lipinski definition) is 5. The summed E-state index contributed by atoms with van der Waals surface area (Å²) < 4.78 is 11.6. The number of likely N-dealkylation sites (tertiary alicyclic amines) is 1. The number of halogens is 1. The van der Waals surface area contributed by atoms with Gasteiger partial charge in [0.15, 0.2) is 11.5 Å². The Morgan fingerprint density at radius 1 is 0.742 bits per heavy atom. The molecule has 5 nitrogen and oxygen atoms in total. The summed E-state index contributed by atoms with van der Waals surface area (Å²) in [5.41, 5.74) is 2.35. The zero-order chi connectivity index (χ0) is 21.5. The van der Waals surface area contributed by atoms with Gasteiger partial charge in [-0.15, -0.1) is 0 Å². The lowest BCUT2D eigenvalue weighted by molar-refractivity contribution is 0.117. The lowest BCUT2D eigenvalue weighted by atomic mass is 10.1. The van der Waals surface area contributed by atoms with Crippen LogP contribution in [0.25, 0.3) is 0 Å². The van der Waals surface area contributed by atoms with E-state index in [4.69, 9.17) is 21.1 Å². The molecular weight excluding hydrogens is 410 g/mol. The van der Waals surface area contributed by atoms with Crippen LogP contribution in [0.2, 0.25) is 5.02 Å². The first kappa shape index (κ1) is 22.4. The number of hydrogen-bond donors (Lipinski definition) is 0. The maximum Gasteiger partial charge on any atom is 0.161 e. The molecule has 168 valence electrons. The van der Waals surface area contributed by atoms with Crippen LogP contribution in [0.15, 0.2) is 42.5 Å². The highest BCUT2D eigenvalue weighted by Gasteiger charge is 2.19. The summed E-state index contributed by atoms with van der Waals surface area (Å²) in [7, 11) is 1.70. The number of nitrogens with zero attached hydrogens (tertiary/aromatic N) is 3. The quantitative estimate of drug-likeness (QED) is 0.580. The van der Waals surface area contributed by atoms with Crippen LogP contribution in [0, 0.1) is 0 Å². The van der Waals surface area contributed by atoms with Gasteiger partial charge in [-0.05, 0) is 61.3 Å². The summed E-state index contributed by atoms with van der Waals surface area (Å²) in [6.07, 6.45) is 2.75. The monoisotopic (exact) mass is 443 g/mol. The highest BCUT2D eigenvalue weighted by molar-refractivity contribution is 6.30. The van der Waals surface area contributed by atoms with Crippen molar-refractivity contribution in [1.29, 1.82) is 0 Å². The number of piperazine rings is 1. The molecule has 2 aliphatic rings. The minimum atomic E-state index is 0.492. The molecule has 0 atom stereocenters. The van der Waals surface area contributed by atoms with Gasteiger partial charge in [0.2, 0.25) is 0 Å². The molecule has 0 radical (unpaired) electrons. The molecule has 2 aliphatic heterocycles. The highest BCUT2D eigenvalue weighted by atomic mass is 35.5. The van der Waals surface area contributed by atoms with Crippen molar-refractivity contribution in [1.82, 2.24) is 14.7 Å². The maximum atomic E-state index is 5.99. The van der Waals surface area contributed by atoms with E-state index in [0.717, 1.165) is 54.8 Å². The number of methoxy groups -OCH3 is 1. The Morgan fingerprint density at radius 3 is 2.03 bits per heavy atom. The summed E-state index contributed by atoms with van der Waals surface area (Å²) in [5, 5.41) is 0.734. The Kier molecular flexibility index (Phi) is 8.09. The Balaban J connectivity index is 1.24. The van der Waals surface area contributed by atoms with Crippen molar-refractivity contribution < 1.29 is 9.47 Å². The van der Waals surface area contributed by atoms with E-state index in [1.165, 1.54) is 44.6 Å². The van der Waals surface area contributed by atoms with Crippen molar-refractivity contribution in [2.75, 3.05) is 59.5 Å². The molecule has 2 saturated heterocycles. The molecule has 2 fully saturated rings. The molecule has 6 heteroatoms. The summed E-state index contributed by atoms with van der Waals surface area (Å²) in [5.74, 6) is 1.56. The third-order valence-corrected chi connectivity index (χ3v) is 6.59. The molecule has 0 spiro atoms. The molecule has 31 heavy (non-hydrogen) atoms. The molecule has 0 aromatic heterocycles. The molecule has 0 aliphatic carbocycles. The third-order valence-electron chi connectivity index (χ3n) is 6.34. The predicted molar refractivity (Wildman–Crippen MR) is 126 cm³/mol. The first-order valence-corrected chi connectivity index (χ1v) is 11.8. The van der Waals surface area contributed by atoms with Gasteiger partial charge >= 0.3 is 0 Å². The molecule has 2 aromatic rings. The average molecular weight is 444 g/mol. The number of ether oxygens (including phenoxy) is 2. The van der Waals surface area contributed by atoms with Crippen molar-refractivity contribution in [3.63, 3.8) is 0 Å². The molecule has 2 aromatic carbocycles. The van der Waals surface area contributed by atoms with Crippen molar-refractivity contribution in [2.45, 2.75) is 26.0 Å². The smallest absolute Gasteiger partial charge is 0.161 e. The van der Waals surface area contributed by atoms with Gasteiger partial charge in [0.1, 0.15) is 6.61 Å². The van der Waals surface area contributed by atoms with Gasteiger partial charge in [0.25, 0.3) is 0 Å². The van der Waals surface area contributed by atoms with Crippen LogP contribution in [0.5, 0.6) is 11.5 Å². The van der Waals surface area contributed by atoms with Crippen LogP contribution in [-0.2, 0) is 13.2 Å². The topological polar surface area (TPSA) is 28.2 Å². The second-order valence-electron chi connectivity index (χ2n) is 8.57. The molecule has 0 amide bonds. The van der Waals surface area contributed by atoms with Crippen LogP contribution in [0.4, 0.5) is 0 Å². The van der Waals surface area contributed by atoms with Crippen LogP contribution in [0.3, 0.4) is 0 Å². The van der Waals surface area contributed by atoms with Crippen molar-refractivity contribution in [2.24, 2.45) is 0 Å². The van der Waals surface area contributed by atoms with Gasteiger partial charge in [-0.25, -0.2) is 0 Å². The van der Waals surface area contributed by atoms with Gasteiger partial charge < -0.3 is 14.4 Å². The van der Waals surface area contributed by atoms with Gasteiger partial charge in [0.05, 0.1) is 7.11 Å². The first-order valence-electron chi connectivity index (χ1n) is 11.4. The minimum Gasteiger partial charge on any atom is -0.493 e. The molecule has 0 bridgehead atoms. The van der Waals surface area contributed by atoms with E-state index < -0.39 is 0 Å². The van der Waals surface area contributed by atoms with E-state index >= 15 is 0 Å². The minimum absolute atomic E-state index is 0.492. The molecule has 4 rings (SSSR count). The van der Waals surface area contributed by atoms with Gasteiger partial charge in [0, 0.05) is 50.8 Å². The van der Waals surface area contributed by atoms with E-state index in [0.29, 0.717) is 6.61 Å². The zero-order valence-corrected chi connectivity index (χ0v) is 19.3. The molecule has 0 unspecified atom stereocenters. The second kappa shape index (κ2) is 11.2. The Morgan fingerprint density at radius 2 is 1.35 bits per heavy atom. The number of benzene rings is 2. The standard InChI is InChI=1S/C25H34ClN3O2/c1-30-25-18-22(6-9-24(25)31-20-21-4-7-23(26)8-5-21)19-29-16-14-28(15-17-29)13-12-27-10-2-3-11-27/h4-9,18H,2-3,10-17,19-20H2,1H3. The fourth-order valence-corrected chi connectivity index (χ4v) is 4.52. The summed E-state index contributed by atoms with van der Waals surface area (Å²) in [4.78, 5) is 7.76. The van der Waals surface area contributed by atoms with Gasteiger partial charge in [-0.3, -0.25) is 9.80 Å². The van der Waals surface area contributed by atoms with Gasteiger partial charge in [-0.1, -0.05) is 29.8 Å². The van der Waals surface area contributed by atoms with E-state index in [-0.39, 0.29) is 0 Å². The zero-order valence-electron chi connectivity index (χ0n) is 18.6. The Bertz CT molecular complexity index is 816. The third kappa shape index (κ3) is 6.59. The average Bonchev–Trinajstić information content (AvgIpc) is 3.32. The first-order chi connectivity index (χ1) is 15.2. The van der Waals surface area contributed by atoms with Crippen molar-refractivity contribution >= 4 is 11.6 Å². The molecular formula is C25H34ClN3O2. The van der Waals surface area contributed by atoms with E-state index in [1.54, 1.807) is 7.11 Å². The van der Waals surface area contributed by atoms with E-state index in [9.17, 15) is 0 Å². The van der Waals surface area contributed by atoms with Crippen LogP contribution in [-0.4, -0.2) is 74.2 Å². The normalized spacial score (nSPS) is 18.4. The lowest BCUT2D eigenvalue weighted by Gasteiger charge is -2.35. The van der Waals surface area contributed by atoms with E-state index in [1.807, 2.05) is 30.3 Å². The van der Waals surface area contributed by atoms with Crippen molar-refractivity contribution in [3.8, 4) is 11.5 Å². The molecule has 2 heterocycles. The van der Waals surface area contributed by atoms with Crippen LogP contribution in [0.1, 0.15) is 24.0 Å². The molecule has 0 saturated carbocycles. The fourth-order valence-electron chi connectivity index (χ4n) is 4.39. The Hall–Kier alpha value is -1.79. The van der Waals surface area contributed by atoms with Crippen molar-refractivity contribution in [3.05, 3.63) is 58.6 Å². The SMILES string of the molecule is COc1cc(CN2CCN(CCN3CCCC3)CC2)ccc1OCc1ccc(Cl)cc1. The maximum absolute atomic E-state index is 5.99. The van der Waals surface area contributed by atoms with Crippen LogP contribution < -0.4 is 9.47 Å². The largest absolute Gasteiger partial charge is 0.493 e. The van der Waals surface area contributed by atoms with Crippen LogP contribution >= 0.6 is 11.6 Å². The Labute approximate surface area is 191 Å².